The molecule has 4 heteroatoms. The summed E-state index contributed by atoms with van der Waals surface area (Å²) in [6.45, 7) is 0.374. The van der Waals surface area contributed by atoms with E-state index in [4.69, 9.17) is 10.5 Å². The predicted octanol–water partition coefficient (Wildman–Crippen LogP) is 3.76. The van der Waals surface area contributed by atoms with Crippen molar-refractivity contribution in [2.75, 3.05) is 5.73 Å². The van der Waals surface area contributed by atoms with Gasteiger partial charge in [-0.15, -0.1) is 0 Å². The van der Waals surface area contributed by atoms with Crippen molar-refractivity contribution in [3.8, 4) is 34.2 Å². The lowest BCUT2D eigenvalue weighted by Crippen LogP contribution is -2.12. The van der Waals surface area contributed by atoms with Crippen molar-refractivity contribution in [3.05, 3.63) is 65.7 Å². The molecular formula is C19H13N3O. The van der Waals surface area contributed by atoms with Crippen molar-refractivity contribution in [2.24, 2.45) is 0 Å². The van der Waals surface area contributed by atoms with Crippen LogP contribution in [0.25, 0.3) is 22.4 Å². The maximum atomic E-state index is 9.55. The van der Waals surface area contributed by atoms with Gasteiger partial charge in [-0.05, 0) is 6.07 Å². The molecule has 23 heavy (non-hydrogen) atoms. The van der Waals surface area contributed by atoms with Gasteiger partial charge in [0.25, 0.3) is 0 Å². The molecular weight excluding hydrogens is 286 g/mol. The zero-order valence-electron chi connectivity index (χ0n) is 12.3. The molecule has 0 bridgehead atoms. The number of pyridine rings is 1. The van der Waals surface area contributed by atoms with Gasteiger partial charge in [-0.2, -0.15) is 5.26 Å². The number of hydrogen-bond donors (Lipinski definition) is 1. The van der Waals surface area contributed by atoms with Crippen LogP contribution in [0.15, 0.2) is 54.6 Å². The molecule has 4 rings (SSSR count). The number of ether oxygens (including phenoxy) is 1. The molecule has 0 saturated carbocycles. The van der Waals surface area contributed by atoms with E-state index in [-0.39, 0.29) is 5.82 Å². The number of nitrogen functional groups attached to an aromatic ring is 1. The van der Waals surface area contributed by atoms with E-state index in [0.717, 1.165) is 33.7 Å². The van der Waals surface area contributed by atoms with Crippen LogP contribution >= 0.6 is 0 Å². The first-order valence-corrected chi connectivity index (χ1v) is 7.29. The van der Waals surface area contributed by atoms with Crippen LogP contribution in [-0.2, 0) is 6.61 Å². The molecule has 110 valence electrons. The predicted molar refractivity (Wildman–Crippen MR) is 88.6 cm³/mol. The van der Waals surface area contributed by atoms with Gasteiger partial charge in [0.15, 0.2) is 0 Å². The summed E-state index contributed by atoms with van der Waals surface area (Å²) in [4.78, 5) is 4.48. The second kappa shape index (κ2) is 5.15. The van der Waals surface area contributed by atoms with Crippen LogP contribution in [0.4, 0.5) is 5.82 Å². The van der Waals surface area contributed by atoms with E-state index < -0.39 is 0 Å². The minimum atomic E-state index is 0.252. The molecule has 0 unspecified atom stereocenters. The number of nitriles is 1. The number of para-hydroxylation sites is 1. The van der Waals surface area contributed by atoms with Crippen LogP contribution in [0.2, 0.25) is 0 Å². The number of hydrogen-bond acceptors (Lipinski definition) is 4. The fourth-order valence-electron chi connectivity index (χ4n) is 2.98. The molecule has 2 aromatic carbocycles. The highest BCUT2D eigenvalue weighted by Crippen LogP contribution is 2.43. The number of nitrogens with two attached hydrogens (primary N) is 1. The van der Waals surface area contributed by atoms with Gasteiger partial charge in [-0.1, -0.05) is 48.5 Å². The second-order valence-corrected chi connectivity index (χ2v) is 5.34. The maximum absolute atomic E-state index is 9.55. The molecule has 1 aliphatic rings. The Morgan fingerprint density at radius 1 is 1.04 bits per heavy atom. The first kappa shape index (κ1) is 13.4. The van der Waals surface area contributed by atoms with Crippen LogP contribution in [0.5, 0.6) is 5.75 Å². The fourth-order valence-corrected chi connectivity index (χ4v) is 2.98. The number of anilines is 1. The largest absolute Gasteiger partial charge is 0.488 e. The molecule has 0 fully saturated rings. The molecule has 0 amide bonds. The lowest BCUT2D eigenvalue weighted by molar-refractivity contribution is 0.302. The van der Waals surface area contributed by atoms with Crippen LogP contribution in [0.3, 0.4) is 0 Å². The molecule has 1 aromatic heterocycles. The van der Waals surface area contributed by atoms with Crippen LogP contribution < -0.4 is 10.5 Å². The highest BCUT2D eigenvalue weighted by atomic mass is 16.5. The number of fused-ring (bicyclic) bond motifs is 3. The fraction of sp³-hybridized carbons (Fsp3) is 0.0526. The summed E-state index contributed by atoms with van der Waals surface area (Å²) in [5, 5.41) is 9.55. The number of nitrogens with zero attached hydrogens (tertiary/aromatic N) is 2. The summed E-state index contributed by atoms with van der Waals surface area (Å²) < 4.78 is 5.86. The van der Waals surface area contributed by atoms with E-state index in [1.165, 1.54) is 0 Å². The van der Waals surface area contributed by atoms with Crippen molar-refractivity contribution >= 4 is 5.82 Å². The topological polar surface area (TPSA) is 71.9 Å². The van der Waals surface area contributed by atoms with Gasteiger partial charge in [0.1, 0.15) is 29.8 Å². The van der Waals surface area contributed by atoms with Crippen LogP contribution in [-0.4, -0.2) is 4.98 Å². The first-order valence-electron chi connectivity index (χ1n) is 7.29. The molecule has 3 aromatic rings. The van der Waals surface area contributed by atoms with E-state index in [2.05, 4.69) is 11.1 Å². The van der Waals surface area contributed by atoms with E-state index in [1.807, 2.05) is 54.6 Å². The lowest BCUT2D eigenvalue weighted by atomic mass is 9.90. The van der Waals surface area contributed by atoms with Gasteiger partial charge in [0.2, 0.25) is 0 Å². The Morgan fingerprint density at radius 2 is 1.78 bits per heavy atom. The Hall–Kier alpha value is -3.32. The molecule has 2 N–H and O–H groups in total. The standard InChI is InChI=1S/C19H13N3O/c20-10-14-17-13-8-4-5-9-16(13)23-11-15(17)18(22-19(14)21)12-6-2-1-3-7-12/h1-9H,11H2,(H2,21,22). The molecule has 0 radical (unpaired) electrons. The molecule has 0 atom stereocenters. The number of benzene rings is 2. The van der Waals surface area contributed by atoms with Gasteiger partial charge in [-0.3, -0.25) is 0 Å². The Labute approximate surface area is 133 Å². The summed E-state index contributed by atoms with van der Waals surface area (Å²) in [6, 6.07) is 19.7. The molecule has 1 aliphatic heterocycles. The Balaban J connectivity index is 2.08. The van der Waals surface area contributed by atoms with Crippen molar-refractivity contribution in [1.29, 1.82) is 5.26 Å². The van der Waals surface area contributed by atoms with Gasteiger partial charge in [0, 0.05) is 22.3 Å². The third kappa shape index (κ3) is 2.02. The van der Waals surface area contributed by atoms with Gasteiger partial charge in [0.05, 0.1) is 5.69 Å². The number of aromatic nitrogens is 1. The third-order valence-corrected chi connectivity index (χ3v) is 4.01. The van der Waals surface area contributed by atoms with Gasteiger partial charge in [-0.25, -0.2) is 4.98 Å². The Bertz CT molecular complexity index is 943. The van der Waals surface area contributed by atoms with Gasteiger partial charge < -0.3 is 10.5 Å². The summed E-state index contributed by atoms with van der Waals surface area (Å²) in [5.74, 6) is 1.02. The average molecular weight is 299 g/mol. The minimum absolute atomic E-state index is 0.252. The first-order chi connectivity index (χ1) is 11.3. The molecule has 0 saturated heterocycles. The van der Waals surface area contributed by atoms with Crippen molar-refractivity contribution in [1.82, 2.24) is 4.98 Å². The molecule has 2 heterocycles. The smallest absolute Gasteiger partial charge is 0.142 e. The summed E-state index contributed by atoms with van der Waals surface area (Å²) in [5.41, 5.74) is 10.8. The molecule has 0 spiro atoms. The average Bonchev–Trinajstić information content (AvgIpc) is 2.61. The molecule has 0 aliphatic carbocycles. The highest BCUT2D eigenvalue weighted by Gasteiger charge is 2.26. The van der Waals surface area contributed by atoms with Crippen molar-refractivity contribution in [2.45, 2.75) is 6.61 Å². The quantitative estimate of drug-likeness (QED) is 0.742. The minimum Gasteiger partial charge on any atom is -0.488 e. The normalized spacial score (nSPS) is 11.8. The highest BCUT2D eigenvalue weighted by molar-refractivity contribution is 5.87. The van der Waals surface area contributed by atoms with Crippen LogP contribution in [0, 0.1) is 11.3 Å². The van der Waals surface area contributed by atoms with Crippen LogP contribution in [0.1, 0.15) is 11.1 Å². The van der Waals surface area contributed by atoms with Gasteiger partial charge >= 0.3 is 0 Å². The van der Waals surface area contributed by atoms with Crippen molar-refractivity contribution < 1.29 is 4.74 Å². The SMILES string of the molecule is N#Cc1c(N)nc(-c2ccccc2)c2c1-c1ccccc1OC2. The summed E-state index contributed by atoms with van der Waals surface area (Å²) in [6.07, 6.45) is 0. The Kier molecular flexibility index (Phi) is 2.99. The van der Waals surface area contributed by atoms with E-state index >= 15 is 0 Å². The second-order valence-electron chi connectivity index (χ2n) is 5.34. The Morgan fingerprint density at radius 3 is 2.57 bits per heavy atom. The molecule has 4 nitrogen and oxygen atoms in total. The zero-order valence-corrected chi connectivity index (χ0v) is 12.3. The van der Waals surface area contributed by atoms with E-state index in [9.17, 15) is 5.26 Å². The maximum Gasteiger partial charge on any atom is 0.142 e. The van der Waals surface area contributed by atoms with Crippen molar-refractivity contribution in [3.63, 3.8) is 0 Å². The monoisotopic (exact) mass is 299 g/mol. The lowest BCUT2D eigenvalue weighted by Gasteiger charge is -2.24. The zero-order chi connectivity index (χ0) is 15.8. The number of rotatable bonds is 1. The summed E-state index contributed by atoms with van der Waals surface area (Å²) >= 11 is 0. The van der Waals surface area contributed by atoms with E-state index in [0.29, 0.717) is 12.2 Å². The van der Waals surface area contributed by atoms with E-state index in [1.54, 1.807) is 0 Å². The third-order valence-electron chi connectivity index (χ3n) is 4.01. The summed E-state index contributed by atoms with van der Waals surface area (Å²) in [7, 11) is 0.